The van der Waals surface area contributed by atoms with Gasteiger partial charge in [-0.2, -0.15) is 13.2 Å². The highest BCUT2D eigenvalue weighted by atomic mass is 32.2. The van der Waals surface area contributed by atoms with Gasteiger partial charge in [0.05, 0.1) is 5.56 Å². The van der Waals surface area contributed by atoms with Gasteiger partial charge in [0, 0.05) is 22.3 Å². The van der Waals surface area contributed by atoms with Crippen molar-refractivity contribution in [2.24, 2.45) is 0 Å². The van der Waals surface area contributed by atoms with E-state index in [0.29, 0.717) is 11.3 Å². The first kappa shape index (κ1) is 15.0. The molecule has 0 aliphatic heterocycles. The van der Waals surface area contributed by atoms with Crippen LogP contribution in [0.15, 0.2) is 23.1 Å². The lowest BCUT2D eigenvalue weighted by Crippen LogP contribution is -2.09. The first-order chi connectivity index (χ1) is 8.38. The molecule has 100 valence electrons. The summed E-state index contributed by atoms with van der Waals surface area (Å²) in [5.41, 5.74) is -1.28. The molecule has 0 spiro atoms. The van der Waals surface area contributed by atoms with Gasteiger partial charge in [0.15, 0.2) is 6.29 Å². The average molecular weight is 278 g/mol. The molecular formula is C12H13F3O2S. The number of aliphatic hydroxyl groups excluding tert-OH is 1. The Hall–Kier alpha value is -1.01. The Morgan fingerprint density at radius 3 is 2.61 bits per heavy atom. The molecule has 0 bridgehead atoms. The van der Waals surface area contributed by atoms with E-state index in [4.69, 9.17) is 5.11 Å². The van der Waals surface area contributed by atoms with Crippen LogP contribution in [0.2, 0.25) is 0 Å². The number of aldehydes is 1. The van der Waals surface area contributed by atoms with Crippen molar-refractivity contribution in [3.05, 3.63) is 29.3 Å². The number of hydrogen-bond acceptors (Lipinski definition) is 3. The Morgan fingerprint density at radius 2 is 2.11 bits per heavy atom. The van der Waals surface area contributed by atoms with Gasteiger partial charge in [-0.05, 0) is 24.6 Å². The normalized spacial score (nSPS) is 13.4. The fourth-order valence-corrected chi connectivity index (χ4v) is 2.45. The SMILES string of the molecule is CC(CCO)Sc1ccc(C=O)c(C(F)(F)F)c1. The number of thioether (sulfide) groups is 1. The van der Waals surface area contributed by atoms with Crippen LogP contribution in [0.3, 0.4) is 0 Å². The minimum atomic E-state index is -4.53. The molecule has 1 atom stereocenters. The Labute approximate surface area is 107 Å². The van der Waals surface area contributed by atoms with E-state index in [2.05, 4.69) is 0 Å². The van der Waals surface area contributed by atoms with E-state index in [-0.39, 0.29) is 23.7 Å². The van der Waals surface area contributed by atoms with Gasteiger partial charge < -0.3 is 5.11 Å². The molecule has 0 fully saturated rings. The highest BCUT2D eigenvalue weighted by molar-refractivity contribution is 7.99. The lowest BCUT2D eigenvalue weighted by molar-refractivity contribution is -0.138. The molecule has 18 heavy (non-hydrogen) atoms. The van der Waals surface area contributed by atoms with Crippen molar-refractivity contribution in [3.8, 4) is 0 Å². The van der Waals surface area contributed by atoms with Crippen molar-refractivity contribution in [1.82, 2.24) is 0 Å². The lowest BCUT2D eigenvalue weighted by atomic mass is 10.1. The predicted molar refractivity (Wildman–Crippen MR) is 63.9 cm³/mol. The van der Waals surface area contributed by atoms with E-state index in [9.17, 15) is 18.0 Å². The van der Waals surface area contributed by atoms with Gasteiger partial charge in [-0.3, -0.25) is 4.79 Å². The van der Waals surface area contributed by atoms with Crippen LogP contribution in [0.4, 0.5) is 13.2 Å². The van der Waals surface area contributed by atoms with Gasteiger partial charge in [-0.25, -0.2) is 0 Å². The van der Waals surface area contributed by atoms with Gasteiger partial charge in [0.1, 0.15) is 0 Å². The Morgan fingerprint density at radius 1 is 1.44 bits per heavy atom. The maximum Gasteiger partial charge on any atom is 0.417 e. The van der Waals surface area contributed by atoms with Crippen molar-refractivity contribution in [3.63, 3.8) is 0 Å². The third-order valence-electron chi connectivity index (χ3n) is 2.33. The van der Waals surface area contributed by atoms with Gasteiger partial charge in [-0.15, -0.1) is 11.8 Å². The first-order valence-corrected chi connectivity index (χ1v) is 6.20. The number of alkyl halides is 3. The molecule has 1 aromatic carbocycles. The molecule has 0 heterocycles. The summed E-state index contributed by atoms with van der Waals surface area (Å²) < 4.78 is 38.1. The van der Waals surface area contributed by atoms with Crippen LogP contribution in [-0.4, -0.2) is 23.2 Å². The number of carbonyl (C=O) groups is 1. The van der Waals surface area contributed by atoms with E-state index in [0.717, 1.165) is 6.07 Å². The van der Waals surface area contributed by atoms with Crippen molar-refractivity contribution < 1.29 is 23.1 Å². The molecule has 1 N–H and O–H groups in total. The Bertz CT molecular complexity index is 418. The zero-order valence-corrected chi connectivity index (χ0v) is 10.5. The molecule has 0 aliphatic rings. The predicted octanol–water partition coefficient (Wildman–Crippen LogP) is 3.38. The van der Waals surface area contributed by atoms with Crippen molar-refractivity contribution in [1.29, 1.82) is 0 Å². The molecule has 2 nitrogen and oxygen atoms in total. The van der Waals surface area contributed by atoms with E-state index < -0.39 is 11.7 Å². The Kier molecular flexibility index (Phi) is 5.22. The molecule has 0 saturated carbocycles. The largest absolute Gasteiger partial charge is 0.417 e. The summed E-state index contributed by atoms with van der Waals surface area (Å²) in [6.07, 6.45) is -3.83. The monoisotopic (exact) mass is 278 g/mol. The van der Waals surface area contributed by atoms with Gasteiger partial charge >= 0.3 is 6.18 Å². The van der Waals surface area contributed by atoms with Crippen molar-refractivity contribution >= 4 is 18.0 Å². The fraction of sp³-hybridized carbons (Fsp3) is 0.417. The van der Waals surface area contributed by atoms with Crippen molar-refractivity contribution in [2.75, 3.05) is 6.61 Å². The highest BCUT2D eigenvalue weighted by Gasteiger charge is 2.33. The molecule has 1 rings (SSSR count). The van der Waals surface area contributed by atoms with E-state index in [1.807, 2.05) is 6.92 Å². The van der Waals surface area contributed by atoms with E-state index in [1.54, 1.807) is 0 Å². The number of carbonyl (C=O) groups excluding carboxylic acids is 1. The van der Waals surface area contributed by atoms with Crippen LogP contribution in [0.25, 0.3) is 0 Å². The number of hydrogen-bond donors (Lipinski definition) is 1. The molecule has 0 radical (unpaired) electrons. The van der Waals surface area contributed by atoms with E-state index in [1.165, 1.54) is 23.9 Å². The highest BCUT2D eigenvalue weighted by Crippen LogP contribution is 2.35. The molecule has 0 amide bonds. The standard InChI is InChI=1S/C12H13F3O2S/c1-8(4-5-16)18-10-3-2-9(7-17)11(6-10)12(13,14)15/h2-3,6-8,16H,4-5H2,1H3. The molecule has 0 aliphatic carbocycles. The summed E-state index contributed by atoms with van der Waals surface area (Å²) in [5.74, 6) is 0. The lowest BCUT2D eigenvalue weighted by Gasteiger charge is -2.13. The number of rotatable bonds is 5. The molecule has 0 aromatic heterocycles. The maximum absolute atomic E-state index is 12.7. The summed E-state index contributed by atoms with van der Waals surface area (Å²) in [5, 5.41) is 8.75. The molecule has 1 unspecified atom stereocenters. The Balaban J connectivity index is 3.00. The number of benzene rings is 1. The summed E-state index contributed by atoms with van der Waals surface area (Å²) in [6.45, 7) is 1.81. The topological polar surface area (TPSA) is 37.3 Å². The number of halogens is 3. The molecule has 1 aromatic rings. The molecule has 6 heteroatoms. The van der Waals surface area contributed by atoms with Crippen LogP contribution in [-0.2, 0) is 6.18 Å². The zero-order valence-electron chi connectivity index (χ0n) is 9.70. The van der Waals surface area contributed by atoms with Gasteiger partial charge in [0.2, 0.25) is 0 Å². The quantitative estimate of drug-likeness (QED) is 0.662. The minimum Gasteiger partial charge on any atom is -0.396 e. The second-order valence-corrected chi connectivity index (χ2v) is 5.32. The fourth-order valence-electron chi connectivity index (χ4n) is 1.43. The van der Waals surface area contributed by atoms with E-state index >= 15 is 0 Å². The third-order valence-corrected chi connectivity index (χ3v) is 3.49. The van der Waals surface area contributed by atoms with Crippen LogP contribution in [0.1, 0.15) is 29.3 Å². The summed E-state index contributed by atoms with van der Waals surface area (Å²) in [7, 11) is 0. The second kappa shape index (κ2) is 6.24. The number of aliphatic hydroxyl groups is 1. The molecule has 0 saturated heterocycles. The first-order valence-electron chi connectivity index (χ1n) is 5.32. The summed E-state index contributed by atoms with van der Waals surface area (Å²) in [6, 6.07) is 3.63. The van der Waals surface area contributed by atoms with Gasteiger partial charge in [-0.1, -0.05) is 6.92 Å². The van der Waals surface area contributed by atoms with Gasteiger partial charge in [0.25, 0.3) is 0 Å². The second-order valence-electron chi connectivity index (χ2n) is 3.81. The van der Waals surface area contributed by atoms with Crippen LogP contribution in [0, 0.1) is 0 Å². The van der Waals surface area contributed by atoms with Crippen LogP contribution < -0.4 is 0 Å². The van der Waals surface area contributed by atoms with Crippen LogP contribution in [0.5, 0.6) is 0 Å². The van der Waals surface area contributed by atoms with Crippen LogP contribution >= 0.6 is 11.8 Å². The smallest absolute Gasteiger partial charge is 0.396 e. The third kappa shape index (κ3) is 4.03. The minimum absolute atomic E-state index is 0.00723. The maximum atomic E-state index is 12.7. The molecular weight excluding hydrogens is 265 g/mol. The van der Waals surface area contributed by atoms with Crippen molar-refractivity contribution in [2.45, 2.75) is 29.7 Å². The average Bonchev–Trinajstić information content (AvgIpc) is 2.28. The zero-order chi connectivity index (χ0) is 13.8. The summed E-state index contributed by atoms with van der Waals surface area (Å²) in [4.78, 5) is 11.0. The summed E-state index contributed by atoms with van der Waals surface area (Å²) >= 11 is 1.24.